The Hall–Kier alpha value is -0.120. The molecule has 0 aliphatic heterocycles. The van der Waals surface area contributed by atoms with E-state index in [1.165, 1.54) is 38.5 Å². The Morgan fingerprint density at radius 2 is 1.88 bits per heavy atom. The third-order valence-corrected chi connectivity index (χ3v) is 3.82. The molecule has 1 aliphatic rings. The normalized spacial score (nSPS) is 20.5. The van der Waals surface area contributed by atoms with Crippen LogP contribution in [0.1, 0.15) is 45.4 Å². The lowest BCUT2D eigenvalue weighted by Gasteiger charge is -2.31. The third-order valence-electron chi connectivity index (χ3n) is 3.82. The first-order valence-electron chi connectivity index (χ1n) is 7.20. The van der Waals surface area contributed by atoms with Gasteiger partial charge in [-0.25, -0.2) is 0 Å². The third kappa shape index (κ3) is 5.84. The summed E-state index contributed by atoms with van der Waals surface area (Å²) < 4.78 is 5.28. The van der Waals surface area contributed by atoms with Crippen molar-refractivity contribution >= 4 is 0 Å². The van der Waals surface area contributed by atoms with E-state index in [1.807, 2.05) is 0 Å². The molecule has 0 aromatic carbocycles. The summed E-state index contributed by atoms with van der Waals surface area (Å²) in [4.78, 5) is 2.54. The zero-order chi connectivity index (χ0) is 12.5. The van der Waals surface area contributed by atoms with Crippen LogP contribution >= 0.6 is 0 Å². The van der Waals surface area contributed by atoms with E-state index in [1.54, 1.807) is 7.11 Å². The van der Waals surface area contributed by atoms with Crippen molar-refractivity contribution in [3.8, 4) is 0 Å². The van der Waals surface area contributed by atoms with Crippen molar-refractivity contribution in [1.82, 2.24) is 10.2 Å². The minimum atomic E-state index is 0.471. The number of hydrogen-bond acceptors (Lipinski definition) is 3. The highest BCUT2D eigenvalue weighted by atomic mass is 16.5. The fraction of sp³-hybridized carbons (Fsp3) is 1.00. The van der Waals surface area contributed by atoms with Crippen molar-refractivity contribution in [3.63, 3.8) is 0 Å². The maximum atomic E-state index is 5.28. The van der Waals surface area contributed by atoms with E-state index >= 15 is 0 Å². The van der Waals surface area contributed by atoms with E-state index in [-0.39, 0.29) is 0 Å². The van der Waals surface area contributed by atoms with Gasteiger partial charge in [-0.1, -0.05) is 32.6 Å². The summed E-state index contributed by atoms with van der Waals surface area (Å²) in [7, 11) is 4.06. The molecule has 0 radical (unpaired) electrons. The Morgan fingerprint density at radius 3 is 2.41 bits per heavy atom. The van der Waals surface area contributed by atoms with Crippen LogP contribution < -0.4 is 5.32 Å². The van der Waals surface area contributed by atoms with Gasteiger partial charge in [0.25, 0.3) is 0 Å². The molecule has 17 heavy (non-hydrogen) atoms. The van der Waals surface area contributed by atoms with Crippen LogP contribution in [0.4, 0.5) is 0 Å². The minimum Gasteiger partial charge on any atom is -0.383 e. The summed E-state index contributed by atoms with van der Waals surface area (Å²) >= 11 is 0. The molecule has 0 bridgehead atoms. The number of likely N-dealkylation sites (N-methyl/N-ethyl adjacent to an activating group) is 2. The van der Waals surface area contributed by atoms with E-state index in [0.717, 1.165) is 25.7 Å². The molecular weight excluding hydrogens is 212 g/mol. The quantitative estimate of drug-likeness (QED) is 0.693. The average Bonchev–Trinajstić information content (AvgIpc) is 2.58. The lowest BCUT2D eigenvalue weighted by Crippen LogP contribution is -2.45. The van der Waals surface area contributed by atoms with Crippen LogP contribution in [0.5, 0.6) is 0 Å². The molecule has 1 atom stereocenters. The van der Waals surface area contributed by atoms with E-state index in [2.05, 4.69) is 24.2 Å². The van der Waals surface area contributed by atoms with Gasteiger partial charge < -0.3 is 15.0 Å². The Morgan fingerprint density at radius 1 is 1.24 bits per heavy atom. The molecule has 0 heterocycles. The zero-order valence-electron chi connectivity index (χ0n) is 11.9. The molecule has 3 nitrogen and oxygen atoms in total. The van der Waals surface area contributed by atoms with E-state index < -0.39 is 0 Å². The van der Waals surface area contributed by atoms with E-state index in [4.69, 9.17) is 4.74 Å². The maximum absolute atomic E-state index is 5.28. The lowest BCUT2D eigenvalue weighted by atomic mass is 10.1. The second kappa shape index (κ2) is 8.90. The second-order valence-corrected chi connectivity index (χ2v) is 5.29. The van der Waals surface area contributed by atoms with Gasteiger partial charge in [-0.05, 0) is 26.4 Å². The van der Waals surface area contributed by atoms with Crippen molar-refractivity contribution in [2.75, 3.05) is 33.9 Å². The fourth-order valence-corrected chi connectivity index (χ4v) is 2.86. The first-order chi connectivity index (χ1) is 8.27. The highest BCUT2D eigenvalue weighted by Gasteiger charge is 2.19. The second-order valence-electron chi connectivity index (χ2n) is 5.29. The first kappa shape index (κ1) is 14.9. The van der Waals surface area contributed by atoms with Crippen molar-refractivity contribution in [3.05, 3.63) is 0 Å². The summed E-state index contributed by atoms with van der Waals surface area (Å²) in [5.41, 5.74) is 0. The molecule has 0 amide bonds. The highest BCUT2D eigenvalue weighted by Crippen LogP contribution is 2.21. The number of nitrogens with zero attached hydrogens (tertiary/aromatic N) is 1. The van der Waals surface area contributed by atoms with Gasteiger partial charge in [0.15, 0.2) is 0 Å². The SMILES string of the molecule is CCNC(COC)CN(C)C1CCCCCC1. The molecule has 0 aromatic rings. The van der Waals surface area contributed by atoms with Crippen LogP contribution in [0.2, 0.25) is 0 Å². The Balaban J connectivity index is 2.35. The standard InChI is InChI=1S/C14H30N2O/c1-4-15-13(12-17-3)11-16(2)14-9-7-5-6-8-10-14/h13-15H,4-12H2,1-3H3. The first-order valence-corrected chi connectivity index (χ1v) is 7.20. The Labute approximate surface area is 107 Å². The number of hydrogen-bond donors (Lipinski definition) is 1. The molecule has 102 valence electrons. The summed E-state index contributed by atoms with van der Waals surface area (Å²) in [5.74, 6) is 0. The van der Waals surface area contributed by atoms with Gasteiger partial charge in [-0.2, -0.15) is 0 Å². The molecule has 1 N–H and O–H groups in total. The van der Waals surface area contributed by atoms with Crippen LogP contribution in [-0.2, 0) is 4.74 Å². The zero-order valence-corrected chi connectivity index (χ0v) is 11.9. The molecule has 1 rings (SSSR count). The average molecular weight is 242 g/mol. The molecule has 0 aromatic heterocycles. The molecular formula is C14H30N2O. The summed E-state index contributed by atoms with van der Waals surface area (Å²) in [6.07, 6.45) is 8.43. The van der Waals surface area contributed by atoms with Gasteiger partial charge in [-0.3, -0.25) is 0 Å². The van der Waals surface area contributed by atoms with Crippen molar-refractivity contribution in [2.24, 2.45) is 0 Å². The molecule has 0 spiro atoms. The van der Waals surface area contributed by atoms with Gasteiger partial charge in [0.2, 0.25) is 0 Å². The molecule has 0 saturated heterocycles. The number of rotatable bonds is 7. The summed E-state index contributed by atoms with van der Waals surface area (Å²) in [6, 6.07) is 1.26. The van der Waals surface area contributed by atoms with Crippen molar-refractivity contribution in [2.45, 2.75) is 57.5 Å². The van der Waals surface area contributed by atoms with E-state index in [0.29, 0.717) is 6.04 Å². The van der Waals surface area contributed by atoms with Gasteiger partial charge >= 0.3 is 0 Å². The van der Waals surface area contributed by atoms with Crippen LogP contribution in [-0.4, -0.2) is 50.8 Å². The molecule has 3 heteroatoms. The monoisotopic (exact) mass is 242 g/mol. The van der Waals surface area contributed by atoms with Crippen LogP contribution in [0, 0.1) is 0 Å². The fourth-order valence-electron chi connectivity index (χ4n) is 2.86. The topological polar surface area (TPSA) is 24.5 Å². The van der Waals surface area contributed by atoms with Gasteiger partial charge in [-0.15, -0.1) is 0 Å². The van der Waals surface area contributed by atoms with Gasteiger partial charge in [0, 0.05) is 25.7 Å². The minimum absolute atomic E-state index is 0.471. The van der Waals surface area contributed by atoms with Crippen molar-refractivity contribution < 1.29 is 4.74 Å². The van der Waals surface area contributed by atoms with E-state index in [9.17, 15) is 0 Å². The molecule has 1 unspecified atom stereocenters. The Kier molecular flexibility index (Phi) is 7.82. The smallest absolute Gasteiger partial charge is 0.0628 e. The van der Waals surface area contributed by atoms with Crippen LogP contribution in [0.15, 0.2) is 0 Å². The Bertz CT molecular complexity index is 173. The molecule has 1 saturated carbocycles. The maximum Gasteiger partial charge on any atom is 0.0628 e. The largest absolute Gasteiger partial charge is 0.383 e. The van der Waals surface area contributed by atoms with Gasteiger partial charge in [0.05, 0.1) is 6.61 Å². The predicted molar refractivity (Wildman–Crippen MR) is 73.5 cm³/mol. The van der Waals surface area contributed by atoms with Crippen molar-refractivity contribution in [1.29, 1.82) is 0 Å². The lowest BCUT2D eigenvalue weighted by molar-refractivity contribution is 0.128. The number of nitrogens with one attached hydrogen (secondary N) is 1. The summed E-state index contributed by atoms with van der Waals surface area (Å²) in [6.45, 7) is 5.10. The van der Waals surface area contributed by atoms with Crippen LogP contribution in [0.25, 0.3) is 0 Å². The summed E-state index contributed by atoms with van der Waals surface area (Å²) in [5, 5.41) is 3.50. The van der Waals surface area contributed by atoms with Gasteiger partial charge in [0.1, 0.15) is 0 Å². The number of ether oxygens (including phenoxy) is 1. The highest BCUT2D eigenvalue weighted by molar-refractivity contribution is 4.77. The predicted octanol–water partition coefficient (Wildman–Crippen LogP) is 2.27. The van der Waals surface area contributed by atoms with Crippen LogP contribution in [0.3, 0.4) is 0 Å². The molecule has 1 aliphatic carbocycles. The number of methoxy groups -OCH3 is 1. The molecule has 1 fully saturated rings.